The zero-order valence-electron chi connectivity index (χ0n) is 15.5. The van der Waals surface area contributed by atoms with Crippen LogP contribution in [0.1, 0.15) is 31.8 Å². The third-order valence-electron chi connectivity index (χ3n) is 4.46. The van der Waals surface area contributed by atoms with Crippen molar-refractivity contribution in [3.8, 4) is 0 Å². The number of para-hydroxylation sites is 1. The lowest BCUT2D eigenvalue weighted by Gasteiger charge is -2.20. The molecule has 27 heavy (non-hydrogen) atoms. The van der Waals surface area contributed by atoms with Crippen LogP contribution in [0, 0.1) is 6.92 Å². The summed E-state index contributed by atoms with van der Waals surface area (Å²) in [5.74, 6) is -0.375. The van der Waals surface area contributed by atoms with Gasteiger partial charge >= 0.3 is 0 Å². The molecule has 0 aliphatic carbocycles. The fourth-order valence-electron chi connectivity index (χ4n) is 2.88. The molecule has 0 fully saturated rings. The van der Waals surface area contributed by atoms with Gasteiger partial charge in [0.05, 0.1) is 11.3 Å². The van der Waals surface area contributed by atoms with Crippen LogP contribution in [0.3, 0.4) is 0 Å². The molecule has 1 N–H and O–H groups in total. The Morgan fingerprint density at radius 3 is 2.22 bits per heavy atom. The van der Waals surface area contributed by atoms with Gasteiger partial charge in [-0.3, -0.25) is 9.59 Å². The maximum Gasteiger partial charge on any atom is 0.256 e. The number of rotatable bonds is 5. The molecule has 0 atom stereocenters. The zero-order chi connectivity index (χ0) is 19.2. The van der Waals surface area contributed by atoms with E-state index < -0.39 is 0 Å². The summed E-state index contributed by atoms with van der Waals surface area (Å²) in [6.07, 6.45) is 0. The van der Waals surface area contributed by atoms with Crippen molar-refractivity contribution in [1.29, 1.82) is 0 Å². The largest absolute Gasteiger partial charge is 0.337 e. The van der Waals surface area contributed by atoms with Crippen LogP contribution in [-0.2, 0) is 6.54 Å². The molecule has 0 aliphatic heterocycles. The summed E-state index contributed by atoms with van der Waals surface area (Å²) in [6, 6.07) is 24.0. The van der Waals surface area contributed by atoms with Crippen molar-refractivity contribution in [2.45, 2.75) is 13.5 Å². The van der Waals surface area contributed by atoms with Crippen LogP contribution < -0.4 is 5.32 Å². The molecule has 0 radical (unpaired) electrons. The fraction of sp³-hybridized carbons (Fsp3) is 0.130. The van der Waals surface area contributed by atoms with E-state index in [2.05, 4.69) is 5.32 Å². The number of nitrogens with one attached hydrogen (secondary N) is 1. The second-order valence-electron chi connectivity index (χ2n) is 6.45. The molecule has 3 aromatic rings. The Kier molecular flexibility index (Phi) is 5.67. The summed E-state index contributed by atoms with van der Waals surface area (Å²) >= 11 is 0. The van der Waals surface area contributed by atoms with Crippen molar-refractivity contribution < 1.29 is 9.59 Å². The van der Waals surface area contributed by atoms with Crippen molar-refractivity contribution in [2.24, 2.45) is 0 Å². The van der Waals surface area contributed by atoms with Gasteiger partial charge in [-0.05, 0) is 42.3 Å². The van der Waals surface area contributed by atoms with Crippen molar-refractivity contribution in [2.75, 3.05) is 12.4 Å². The number of hydrogen-bond donors (Lipinski definition) is 1. The van der Waals surface area contributed by atoms with E-state index >= 15 is 0 Å². The molecule has 4 heteroatoms. The molecule has 3 rings (SSSR count). The average Bonchev–Trinajstić information content (AvgIpc) is 2.70. The molecule has 0 heterocycles. The van der Waals surface area contributed by atoms with Crippen molar-refractivity contribution in [3.63, 3.8) is 0 Å². The van der Waals surface area contributed by atoms with Gasteiger partial charge in [-0.2, -0.15) is 0 Å². The third kappa shape index (κ3) is 4.42. The standard InChI is InChI=1S/C23H22N2O2/c1-17-10-6-7-13-19(17)16-25(2)23(27)20-14-8-9-15-21(20)24-22(26)18-11-4-3-5-12-18/h3-15H,16H2,1-2H3,(H,24,26). The second kappa shape index (κ2) is 8.32. The molecule has 0 spiro atoms. The van der Waals surface area contributed by atoms with E-state index in [1.807, 2.05) is 49.4 Å². The summed E-state index contributed by atoms with van der Waals surface area (Å²) in [5, 5.41) is 2.85. The molecule has 136 valence electrons. The summed E-state index contributed by atoms with van der Waals surface area (Å²) in [6.45, 7) is 2.54. The molecule has 2 amide bonds. The summed E-state index contributed by atoms with van der Waals surface area (Å²) in [4.78, 5) is 27.1. The highest BCUT2D eigenvalue weighted by Crippen LogP contribution is 2.19. The van der Waals surface area contributed by atoms with Gasteiger partial charge in [0, 0.05) is 19.2 Å². The first-order valence-electron chi connectivity index (χ1n) is 8.81. The average molecular weight is 358 g/mol. The van der Waals surface area contributed by atoms with Gasteiger partial charge in [-0.1, -0.05) is 54.6 Å². The van der Waals surface area contributed by atoms with Gasteiger partial charge in [0.15, 0.2) is 0 Å². The summed E-state index contributed by atoms with van der Waals surface area (Å²) in [5.41, 5.74) is 3.76. The van der Waals surface area contributed by atoms with Gasteiger partial charge in [-0.25, -0.2) is 0 Å². The predicted octanol–water partition coefficient (Wildman–Crippen LogP) is 4.52. The SMILES string of the molecule is Cc1ccccc1CN(C)C(=O)c1ccccc1NC(=O)c1ccccc1. The molecular weight excluding hydrogens is 336 g/mol. The quantitative estimate of drug-likeness (QED) is 0.729. The maximum atomic E-state index is 13.0. The van der Waals surface area contributed by atoms with Crippen LogP contribution in [0.5, 0.6) is 0 Å². The minimum absolute atomic E-state index is 0.137. The number of carbonyl (C=O) groups is 2. The monoisotopic (exact) mass is 358 g/mol. The van der Waals surface area contributed by atoms with Crippen molar-refractivity contribution in [1.82, 2.24) is 4.90 Å². The molecule has 0 aromatic heterocycles. The Bertz CT molecular complexity index is 951. The number of amides is 2. The molecule has 0 aliphatic rings. The smallest absolute Gasteiger partial charge is 0.256 e. The van der Waals surface area contributed by atoms with E-state index in [-0.39, 0.29) is 11.8 Å². The first-order chi connectivity index (χ1) is 13.1. The molecule has 0 saturated heterocycles. The highest BCUT2D eigenvalue weighted by Gasteiger charge is 2.18. The normalized spacial score (nSPS) is 10.3. The Hall–Kier alpha value is -3.40. The third-order valence-corrected chi connectivity index (χ3v) is 4.46. The van der Waals surface area contributed by atoms with Gasteiger partial charge in [0.2, 0.25) is 0 Å². The number of nitrogens with zero attached hydrogens (tertiary/aromatic N) is 1. The number of anilines is 1. The van der Waals surface area contributed by atoms with E-state index in [9.17, 15) is 9.59 Å². The minimum atomic E-state index is -0.239. The van der Waals surface area contributed by atoms with Crippen LogP contribution in [0.2, 0.25) is 0 Å². The fourth-order valence-corrected chi connectivity index (χ4v) is 2.88. The van der Waals surface area contributed by atoms with E-state index in [4.69, 9.17) is 0 Å². The molecule has 4 nitrogen and oxygen atoms in total. The Balaban J connectivity index is 1.79. The number of carbonyl (C=O) groups excluding carboxylic acids is 2. The van der Waals surface area contributed by atoms with E-state index in [1.165, 1.54) is 0 Å². The van der Waals surface area contributed by atoms with Crippen molar-refractivity contribution >= 4 is 17.5 Å². The number of benzene rings is 3. The zero-order valence-corrected chi connectivity index (χ0v) is 15.5. The number of hydrogen-bond acceptors (Lipinski definition) is 2. The lowest BCUT2D eigenvalue weighted by molar-refractivity contribution is 0.0786. The first kappa shape index (κ1) is 18.4. The molecule has 0 bridgehead atoms. The maximum absolute atomic E-state index is 13.0. The van der Waals surface area contributed by atoms with Crippen LogP contribution in [0.15, 0.2) is 78.9 Å². The minimum Gasteiger partial charge on any atom is -0.337 e. The van der Waals surface area contributed by atoms with E-state index in [0.29, 0.717) is 23.4 Å². The van der Waals surface area contributed by atoms with E-state index in [1.54, 1.807) is 48.3 Å². The van der Waals surface area contributed by atoms with Crippen LogP contribution >= 0.6 is 0 Å². The van der Waals surface area contributed by atoms with Gasteiger partial charge < -0.3 is 10.2 Å². The molecular formula is C23H22N2O2. The Labute approximate surface area is 159 Å². The summed E-state index contributed by atoms with van der Waals surface area (Å²) < 4.78 is 0. The van der Waals surface area contributed by atoms with Crippen LogP contribution in [-0.4, -0.2) is 23.8 Å². The van der Waals surface area contributed by atoms with Crippen LogP contribution in [0.25, 0.3) is 0 Å². The van der Waals surface area contributed by atoms with Gasteiger partial charge in [0.1, 0.15) is 0 Å². The van der Waals surface area contributed by atoms with Crippen molar-refractivity contribution in [3.05, 3.63) is 101 Å². The van der Waals surface area contributed by atoms with E-state index in [0.717, 1.165) is 11.1 Å². The topological polar surface area (TPSA) is 49.4 Å². The second-order valence-corrected chi connectivity index (χ2v) is 6.45. The van der Waals surface area contributed by atoms with Crippen LogP contribution in [0.4, 0.5) is 5.69 Å². The lowest BCUT2D eigenvalue weighted by Crippen LogP contribution is -2.28. The molecule has 3 aromatic carbocycles. The molecule has 0 unspecified atom stereocenters. The Morgan fingerprint density at radius 2 is 1.48 bits per heavy atom. The predicted molar refractivity (Wildman–Crippen MR) is 108 cm³/mol. The summed E-state index contributed by atoms with van der Waals surface area (Å²) in [7, 11) is 1.77. The van der Waals surface area contributed by atoms with Gasteiger partial charge in [0.25, 0.3) is 11.8 Å². The first-order valence-corrected chi connectivity index (χ1v) is 8.81. The Morgan fingerprint density at radius 1 is 0.852 bits per heavy atom. The highest BCUT2D eigenvalue weighted by atomic mass is 16.2. The number of aryl methyl sites for hydroxylation is 1. The lowest BCUT2D eigenvalue weighted by atomic mass is 10.1. The molecule has 0 saturated carbocycles. The highest BCUT2D eigenvalue weighted by molar-refractivity contribution is 6.08. The van der Waals surface area contributed by atoms with Gasteiger partial charge in [-0.15, -0.1) is 0 Å².